The van der Waals surface area contributed by atoms with Crippen LogP contribution >= 0.6 is 22.6 Å². The van der Waals surface area contributed by atoms with Crippen molar-refractivity contribution in [2.24, 2.45) is 5.92 Å². The molecule has 0 fully saturated rings. The Labute approximate surface area is 233 Å². The van der Waals surface area contributed by atoms with Gasteiger partial charge in [0.1, 0.15) is 11.4 Å². The van der Waals surface area contributed by atoms with Gasteiger partial charge >= 0.3 is 6.09 Å². The number of alkyl halides is 2. The molecule has 0 radical (unpaired) electrons. The van der Waals surface area contributed by atoms with Crippen LogP contribution in [-0.4, -0.2) is 52.5 Å². The summed E-state index contributed by atoms with van der Waals surface area (Å²) in [7, 11) is 0. The molecule has 12 nitrogen and oxygen atoms in total. The Bertz CT molecular complexity index is 1190. The monoisotopic (exact) mass is 642 g/mol. The molecule has 3 aromatic rings. The van der Waals surface area contributed by atoms with E-state index in [1.165, 1.54) is 6.92 Å². The molecule has 0 saturated heterocycles. The molecule has 0 bridgehead atoms. The third kappa shape index (κ3) is 10.6. The van der Waals surface area contributed by atoms with Crippen molar-refractivity contribution in [1.82, 2.24) is 40.6 Å². The van der Waals surface area contributed by atoms with E-state index >= 15 is 0 Å². The largest absolute Gasteiger partial charge is 0.450 e. The molecular weight excluding hydrogens is 610 g/mol. The lowest BCUT2D eigenvalue weighted by Crippen LogP contribution is -2.25. The number of nitrogens with zero attached hydrogens (tertiary/aromatic N) is 6. The van der Waals surface area contributed by atoms with Gasteiger partial charge in [-0.1, -0.05) is 36.4 Å². The van der Waals surface area contributed by atoms with Crippen LogP contribution in [0, 0.1) is 5.92 Å². The van der Waals surface area contributed by atoms with Crippen molar-refractivity contribution in [1.29, 1.82) is 0 Å². The van der Waals surface area contributed by atoms with Gasteiger partial charge in [-0.25, -0.2) is 4.79 Å². The molecule has 38 heavy (non-hydrogen) atoms. The number of nitrogens with one attached hydrogen (secondary N) is 2. The Kier molecular flexibility index (Phi) is 10.8. The van der Waals surface area contributed by atoms with Crippen LogP contribution in [0.3, 0.4) is 0 Å². The topological polar surface area (TPSA) is 138 Å². The van der Waals surface area contributed by atoms with Gasteiger partial charge in [-0.3, -0.25) is 14.2 Å². The molecule has 1 aromatic carbocycles. The van der Waals surface area contributed by atoms with Crippen molar-refractivity contribution in [2.45, 2.75) is 63.7 Å². The summed E-state index contributed by atoms with van der Waals surface area (Å²) in [5.74, 6) is 0.293. The summed E-state index contributed by atoms with van der Waals surface area (Å²) in [5.41, 5.74) is 1.62. The minimum absolute atomic E-state index is 0.210. The predicted octanol–water partition coefficient (Wildman–Crippen LogP) is 3.62. The molecule has 1 unspecified atom stereocenters. The number of rotatable bonds is 14. The van der Waals surface area contributed by atoms with E-state index < -0.39 is 9.95 Å². The van der Waals surface area contributed by atoms with E-state index in [0.29, 0.717) is 31.1 Å². The van der Waals surface area contributed by atoms with E-state index in [0.717, 1.165) is 18.4 Å². The molecule has 3 rings (SSSR count). The number of unbranched alkanes of at least 4 members (excludes halogenated alkanes) is 1. The van der Waals surface area contributed by atoms with Gasteiger partial charge in [-0.2, -0.15) is 4.39 Å². The SMILES string of the molecule is CC(C)COC(=O)NCc1cn(CCCCn2cc(C(=O)NCc3cccc(OC(C)(F)I)c3)nn2)nn1. The van der Waals surface area contributed by atoms with Gasteiger partial charge < -0.3 is 20.1 Å². The van der Waals surface area contributed by atoms with E-state index in [-0.39, 0.29) is 30.6 Å². The Hall–Kier alpha value is -3.30. The average molecular weight is 642 g/mol. The number of alkyl carbamates (subject to hydrolysis) is 1. The first-order valence-corrected chi connectivity index (χ1v) is 13.3. The Morgan fingerprint density at radius 2 is 1.79 bits per heavy atom. The summed E-state index contributed by atoms with van der Waals surface area (Å²) in [6.07, 6.45) is 4.49. The zero-order valence-corrected chi connectivity index (χ0v) is 23.7. The maximum atomic E-state index is 13.7. The van der Waals surface area contributed by atoms with Crippen LogP contribution in [0.2, 0.25) is 0 Å². The van der Waals surface area contributed by atoms with Crippen LogP contribution in [0.5, 0.6) is 5.75 Å². The summed E-state index contributed by atoms with van der Waals surface area (Å²) in [6, 6.07) is 6.87. The molecule has 2 aromatic heterocycles. The van der Waals surface area contributed by atoms with Crippen LogP contribution in [0.15, 0.2) is 36.7 Å². The highest BCUT2D eigenvalue weighted by atomic mass is 127. The van der Waals surface area contributed by atoms with E-state index in [1.807, 2.05) is 19.9 Å². The number of benzene rings is 1. The average Bonchev–Trinajstić information content (AvgIpc) is 3.51. The summed E-state index contributed by atoms with van der Waals surface area (Å²) >= 11 is 1.56. The lowest BCUT2D eigenvalue weighted by atomic mass is 10.2. The van der Waals surface area contributed by atoms with Crippen molar-refractivity contribution in [3.63, 3.8) is 0 Å². The number of hydrogen-bond acceptors (Lipinski definition) is 8. The lowest BCUT2D eigenvalue weighted by molar-refractivity contribution is 0.0671. The number of carbonyl (C=O) groups excluding carboxylic acids is 2. The second kappa shape index (κ2) is 14.0. The van der Waals surface area contributed by atoms with Crippen molar-refractivity contribution < 1.29 is 23.5 Å². The fourth-order valence-corrected chi connectivity index (χ4v) is 3.50. The molecule has 0 aliphatic carbocycles. The number of halogens is 2. The molecule has 2 amide bonds. The second-order valence-electron chi connectivity index (χ2n) is 9.13. The number of hydrogen-bond donors (Lipinski definition) is 2. The molecule has 0 aliphatic rings. The summed E-state index contributed by atoms with van der Waals surface area (Å²) in [4.78, 5) is 24.1. The number of ether oxygens (including phenoxy) is 2. The molecule has 14 heteroatoms. The second-order valence-corrected chi connectivity index (χ2v) is 11.1. The van der Waals surface area contributed by atoms with Crippen molar-refractivity contribution in [3.05, 3.63) is 53.6 Å². The van der Waals surface area contributed by atoms with E-state index in [4.69, 9.17) is 9.47 Å². The Morgan fingerprint density at radius 3 is 2.50 bits per heavy atom. The normalized spacial score (nSPS) is 12.7. The molecule has 0 spiro atoms. The molecule has 206 valence electrons. The summed E-state index contributed by atoms with van der Waals surface area (Å²) in [5, 5.41) is 21.5. The fourth-order valence-electron chi connectivity index (χ4n) is 3.24. The molecular formula is C24H32FIN8O4. The minimum Gasteiger partial charge on any atom is -0.450 e. The number of amides is 2. The number of aryl methyl sites for hydroxylation is 2. The fraction of sp³-hybridized carbons (Fsp3) is 0.500. The molecule has 2 heterocycles. The molecule has 0 aliphatic heterocycles. The Balaban J connectivity index is 1.35. The van der Waals surface area contributed by atoms with Gasteiger partial charge in [-0.15, -0.1) is 10.2 Å². The van der Waals surface area contributed by atoms with Crippen LogP contribution in [0.1, 0.15) is 55.4 Å². The maximum absolute atomic E-state index is 13.7. The van der Waals surface area contributed by atoms with Gasteiger partial charge in [0.05, 0.1) is 25.5 Å². The number of aromatic nitrogens is 6. The van der Waals surface area contributed by atoms with E-state index in [1.54, 1.807) is 62.5 Å². The van der Waals surface area contributed by atoms with E-state index in [9.17, 15) is 14.0 Å². The van der Waals surface area contributed by atoms with Gasteiger partial charge in [0.25, 0.3) is 9.77 Å². The minimum atomic E-state index is -1.82. The first kappa shape index (κ1) is 29.3. The van der Waals surface area contributed by atoms with Crippen molar-refractivity contribution in [2.75, 3.05) is 6.61 Å². The lowest BCUT2D eigenvalue weighted by Gasteiger charge is -2.15. The molecule has 2 N–H and O–H groups in total. The molecule has 1 atom stereocenters. The van der Waals surface area contributed by atoms with Crippen molar-refractivity contribution >= 4 is 34.6 Å². The highest BCUT2D eigenvalue weighted by Crippen LogP contribution is 2.25. The third-order valence-corrected chi connectivity index (χ3v) is 5.21. The van der Waals surface area contributed by atoms with Gasteiger partial charge in [-0.05, 0) is 36.5 Å². The zero-order chi connectivity index (χ0) is 27.5. The van der Waals surface area contributed by atoms with Crippen molar-refractivity contribution in [3.8, 4) is 5.75 Å². The zero-order valence-electron chi connectivity index (χ0n) is 21.6. The summed E-state index contributed by atoms with van der Waals surface area (Å²) in [6.45, 7) is 7.32. The standard InChI is InChI=1S/C24H32FIN8O4/c1-17(2)16-37-23(36)28-13-19-14-33(31-29-19)9-4-5-10-34-15-21(30-32-34)22(35)27-12-18-7-6-8-20(11-18)38-24(3,25)26/h6-8,11,14-15,17H,4-5,9-10,12-13,16H2,1-3H3,(H,27,35)(H,28,36). The number of carbonyl (C=O) groups is 2. The Morgan fingerprint density at radius 1 is 1.08 bits per heavy atom. The highest BCUT2D eigenvalue weighted by Gasteiger charge is 2.19. The van der Waals surface area contributed by atoms with Crippen LogP contribution in [0.4, 0.5) is 9.18 Å². The maximum Gasteiger partial charge on any atom is 0.407 e. The first-order chi connectivity index (χ1) is 18.1. The van der Waals surface area contributed by atoms with E-state index in [2.05, 4.69) is 31.3 Å². The molecule has 0 saturated carbocycles. The van der Waals surface area contributed by atoms with Gasteiger partial charge in [0.15, 0.2) is 5.69 Å². The smallest absolute Gasteiger partial charge is 0.407 e. The van der Waals surface area contributed by atoms with Crippen LogP contribution in [0.25, 0.3) is 0 Å². The predicted molar refractivity (Wildman–Crippen MR) is 144 cm³/mol. The first-order valence-electron chi connectivity index (χ1n) is 12.2. The van der Waals surface area contributed by atoms with Gasteiger partial charge in [0.2, 0.25) is 0 Å². The van der Waals surface area contributed by atoms with Gasteiger partial charge in [0, 0.05) is 49.1 Å². The summed E-state index contributed by atoms with van der Waals surface area (Å²) < 4.78 is 25.5. The third-order valence-electron chi connectivity index (χ3n) is 4.99. The quantitative estimate of drug-likeness (QED) is 0.155. The van der Waals surface area contributed by atoms with Crippen LogP contribution < -0.4 is 15.4 Å². The van der Waals surface area contributed by atoms with Crippen LogP contribution in [-0.2, 0) is 30.9 Å². The highest BCUT2D eigenvalue weighted by molar-refractivity contribution is 14.1.